The van der Waals surface area contributed by atoms with Gasteiger partial charge in [0.15, 0.2) is 0 Å². The van der Waals surface area contributed by atoms with Crippen molar-refractivity contribution in [3.63, 3.8) is 0 Å². The third kappa shape index (κ3) is 3.87. The first kappa shape index (κ1) is 14.7. The summed E-state index contributed by atoms with van der Waals surface area (Å²) in [6.45, 7) is 2.67. The van der Waals surface area contributed by atoms with Gasteiger partial charge in [-0.3, -0.25) is 4.90 Å². The Balaban J connectivity index is 2.06. The second-order valence-corrected chi connectivity index (χ2v) is 4.48. The number of anilines is 1. The lowest BCUT2D eigenvalue weighted by Crippen LogP contribution is -2.31. The third-order valence-electron chi connectivity index (χ3n) is 3.07. The van der Waals surface area contributed by atoms with Crippen LogP contribution in [0.5, 0.6) is 0 Å². The van der Waals surface area contributed by atoms with Crippen molar-refractivity contribution in [1.29, 1.82) is 0 Å². The Morgan fingerprint density at radius 2 is 1.95 bits per heavy atom. The minimum absolute atomic E-state index is 0.255. The van der Waals surface area contributed by atoms with Crippen LogP contribution in [0.25, 0.3) is 0 Å². The summed E-state index contributed by atoms with van der Waals surface area (Å²) in [7, 11) is 0. The van der Waals surface area contributed by atoms with Crippen molar-refractivity contribution in [2.45, 2.75) is 13.5 Å². The van der Waals surface area contributed by atoms with Crippen molar-refractivity contribution in [1.82, 2.24) is 0 Å². The van der Waals surface area contributed by atoms with Crippen molar-refractivity contribution in [2.24, 2.45) is 0 Å². The van der Waals surface area contributed by atoms with Gasteiger partial charge in [-0.25, -0.2) is 4.79 Å². The van der Waals surface area contributed by atoms with Crippen LogP contribution < -0.4 is 4.90 Å². The standard InChI is InChI=1S/C18H17NO2/c1-3-15-11-8-12-17(13-15)19(4-2)18(20)21-14-16-9-6-5-7-10-16/h1,5-13H,4,14H2,2H3. The minimum Gasteiger partial charge on any atom is -0.444 e. The number of ether oxygens (including phenoxy) is 1. The van der Waals surface area contributed by atoms with Gasteiger partial charge in [-0.05, 0) is 30.7 Å². The molecule has 3 nitrogen and oxygen atoms in total. The smallest absolute Gasteiger partial charge is 0.414 e. The molecule has 0 aliphatic rings. The maximum atomic E-state index is 12.2. The molecule has 0 N–H and O–H groups in total. The van der Waals surface area contributed by atoms with E-state index in [4.69, 9.17) is 11.2 Å². The van der Waals surface area contributed by atoms with Crippen LogP contribution in [0, 0.1) is 12.3 Å². The highest BCUT2D eigenvalue weighted by Gasteiger charge is 2.15. The van der Waals surface area contributed by atoms with Gasteiger partial charge in [0.2, 0.25) is 0 Å². The zero-order chi connectivity index (χ0) is 15.1. The summed E-state index contributed by atoms with van der Waals surface area (Å²) in [5, 5.41) is 0. The molecule has 0 atom stereocenters. The molecule has 0 saturated heterocycles. The van der Waals surface area contributed by atoms with Gasteiger partial charge in [0, 0.05) is 17.8 Å². The summed E-state index contributed by atoms with van der Waals surface area (Å²) in [6, 6.07) is 16.9. The van der Waals surface area contributed by atoms with E-state index < -0.39 is 0 Å². The number of benzene rings is 2. The summed E-state index contributed by atoms with van der Waals surface area (Å²) in [6.07, 6.45) is 5.01. The molecule has 2 aromatic carbocycles. The Kier molecular flexibility index (Phi) is 5.00. The molecular formula is C18H17NO2. The van der Waals surface area contributed by atoms with Gasteiger partial charge in [0.25, 0.3) is 0 Å². The fourth-order valence-electron chi connectivity index (χ4n) is 1.98. The molecule has 0 spiro atoms. The maximum absolute atomic E-state index is 12.2. The van der Waals surface area contributed by atoms with Gasteiger partial charge in [0.05, 0.1) is 0 Å². The zero-order valence-electron chi connectivity index (χ0n) is 12.0. The monoisotopic (exact) mass is 279 g/mol. The third-order valence-corrected chi connectivity index (χ3v) is 3.07. The van der Waals surface area contributed by atoms with Gasteiger partial charge in [-0.1, -0.05) is 42.3 Å². The average Bonchev–Trinajstić information content (AvgIpc) is 2.55. The Morgan fingerprint density at radius 1 is 1.19 bits per heavy atom. The molecule has 106 valence electrons. The second kappa shape index (κ2) is 7.16. The molecule has 2 rings (SSSR count). The van der Waals surface area contributed by atoms with Gasteiger partial charge in [0.1, 0.15) is 6.61 Å². The minimum atomic E-state index is -0.379. The number of nitrogens with zero attached hydrogens (tertiary/aromatic N) is 1. The predicted molar refractivity (Wildman–Crippen MR) is 84.0 cm³/mol. The molecule has 0 bridgehead atoms. The molecule has 2 aromatic rings. The summed E-state index contributed by atoms with van der Waals surface area (Å²) >= 11 is 0. The van der Waals surface area contributed by atoms with Crippen molar-refractivity contribution in [3.05, 3.63) is 65.7 Å². The molecule has 0 aliphatic carbocycles. The Bertz CT molecular complexity index is 644. The fraction of sp³-hybridized carbons (Fsp3) is 0.167. The Hall–Kier alpha value is -2.73. The Morgan fingerprint density at radius 3 is 2.62 bits per heavy atom. The SMILES string of the molecule is C#Cc1cccc(N(CC)C(=O)OCc2ccccc2)c1. The first-order valence-corrected chi connectivity index (χ1v) is 6.79. The van der Waals surface area contributed by atoms with Crippen LogP contribution in [0.3, 0.4) is 0 Å². The number of hydrogen-bond donors (Lipinski definition) is 0. The second-order valence-electron chi connectivity index (χ2n) is 4.48. The summed E-state index contributed by atoms with van der Waals surface area (Å²) in [4.78, 5) is 13.8. The first-order chi connectivity index (χ1) is 10.2. The van der Waals surface area contributed by atoms with Crippen LogP contribution in [0.15, 0.2) is 54.6 Å². The Labute approximate surface area is 125 Å². The van der Waals surface area contributed by atoms with Crippen molar-refractivity contribution >= 4 is 11.8 Å². The van der Waals surface area contributed by atoms with E-state index in [0.29, 0.717) is 6.54 Å². The van der Waals surface area contributed by atoms with Crippen LogP contribution in [0.4, 0.5) is 10.5 Å². The molecule has 0 aromatic heterocycles. The number of terminal acetylenes is 1. The number of carbonyl (C=O) groups is 1. The van der Waals surface area contributed by atoms with E-state index >= 15 is 0 Å². The van der Waals surface area contributed by atoms with Gasteiger partial charge >= 0.3 is 6.09 Å². The molecule has 0 aliphatic heterocycles. The van der Waals surface area contributed by atoms with E-state index in [-0.39, 0.29) is 12.7 Å². The average molecular weight is 279 g/mol. The lowest BCUT2D eigenvalue weighted by molar-refractivity contribution is 0.147. The van der Waals surface area contributed by atoms with Crippen LogP contribution in [0.2, 0.25) is 0 Å². The van der Waals surface area contributed by atoms with Crippen LogP contribution in [0.1, 0.15) is 18.1 Å². The van der Waals surface area contributed by atoms with Crippen molar-refractivity contribution in [3.8, 4) is 12.3 Å². The van der Waals surface area contributed by atoms with Crippen molar-refractivity contribution in [2.75, 3.05) is 11.4 Å². The van der Waals surface area contributed by atoms with Gasteiger partial charge in [-0.15, -0.1) is 6.42 Å². The van der Waals surface area contributed by atoms with E-state index in [1.165, 1.54) is 0 Å². The van der Waals surface area contributed by atoms with E-state index in [9.17, 15) is 4.79 Å². The topological polar surface area (TPSA) is 29.5 Å². The highest BCUT2D eigenvalue weighted by atomic mass is 16.6. The molecule has 21 heavy (non-hydrogen) atoms. The molecule has 0 heterocycles. The summed E-state index contributed by atoms with van der Waals surface area (Å²) < 4.78 is 5.34. The van der Waals surface area contributed by atoms with Gasteiger partial charge in [-0.2, -0.15) is 0 Å². The highest BCUT2D eigenvalue weighted by molar-refractivity contribution is 5.87. The maximum Gasteiger partial charge on any atom is 0.414 e. The fourth-order valence-corrected chi connectivity index (χ4v) is 1.98. The van der Waals surface area contributed by atoms with Crippen LogP contribution >= 0.6 is 0 Å². The van der Waals surface area contributed by atoms with Crippen LogP contribution in [-0.4, -0.2) is 12.6 Å². The van der Waals surface area contributed by atoms with Crippen molar-refractivity contribution < 1.29 is 9.53 Å². The lowest BCUT2D eigenvalue weighted by atomic mass is 10.2. The number of hydrogen-bond acceptors (Lipinski definition) is 2. The first-order valence-electron chi connectivity index (χ1n) is 6.79. The van der Waals surface area contributed by atoms with Crippen LogP contribution in [-0.2, 0) is 11.3 Å². The predicted octanol–water partition coefficient (Wildman–Crippen LogP) is 3.83. The highest BCUT2D eigenvalue weighted by Crippen LogP contribution is 2.17. The largest absolute Gasteiger partial charge is 0.444 e. The van der Waals surface area contributed by atoms with E-state index in [2.05, 4.69) is 5.92 Å². The molecule has 1 amide bonds. The molecule has 0 radical (unpaired) electrons. The lowest BCUT2D eigenvalue weighted by Gasteiger charge is -2.20. The quantitative estimate of drug-likeness (QED) is 0.796. The molecular weight excluding hydrogens is 262 g/mol. The molecule has 0 fully saturated rings. The molecule has 3 heteroatoms. The normalized spacial score (nSPS) is 9.71. The number of rotatable bonds is 4. The summed E-state index contributed by atoms with van der Waals surface area (Å²) in [5.74, 6) is 2.56. The number of carbonyl (C=O) groups excluding carboxylic acids is 1. The zero-order valence-corrected chi connectivity index (χ0v) is 12.0. The van der Waals surface area contributed by atoms with Gasteiger partial charge < -0.3 is 4.74 Å². The van der Waals surface area contributed by atoms with E-state index in [1.807, 2.05) is 55.5 Å². The number of amides is 1. The van der Waals surface area contributed by atoms with E-state index in [1.54, 1.807) is 11.0 Å². The molecule has 0 saturated carbocycles. The molecule has 0 unspecified atom stereocenters. The summed E-state index contributed by atoms with van der Waals surface area (Å²) in [5.41, 5.74) is 2.44. The van der Waals surface area contributed by atoms with E-state index in [0.717, 1.165) is 16.8 Å².